The second kappa shape index (κ2) is 4.38. The fourth-order valence-electron chi connectivity index (χ4n) is 1.67. The van der Waals surface area contributed by atoms with Gasteiger partial charge in [-0.05, 0) is 26.6 Å². The Balaban J connectivity index is 2.96. The Morgan fingerprint density at radius 1 is 1.29 bits per heavy atom. The number of likely N-dealkylation sites (N-methyl/N-ethyl adjacent to an activating group) is 1. The summed E-state index contributed by atoms with van der Waals surface area (Å²) in [4.78, 5) is 13.2. The van der Waals surface area contributed by atoms with Gasteiger partial charge in [0, 0.05) is 6.54 Å². The monoisotopic (exact) mass is 191 g/mol. The molecule has 0 fully saturated rings. The molecule has 1 aromatic carbocycles. The lowest BCUT2D eigenvalue weighted by molar-refractivity contribution is -0.112. The SMILES string of the molecule is CN(C)CC(C)(C=O)c1ccccc1. The maximum absolute atomic E-state index is 11.1. The molecule has 0 aromatic heterocycles. The minimum Gasteiger partial charge on any atom is -0.308 e. The van der Waals surface area contributed by atoms with Crippen LogP contribution in [0.15, 0.2) is 30.3 Å². The third-order valence-electron chi connectivity index (χ3n) is 2.34. The lowest BCUT2D eigenvalue weighted by atomic mass is 9.84. The van der Waals surface area contributed by atoms with E-state index in [1.807, 2.05) is 56.3 Å². The van der Waals surface area contributed by atoms with Crippen LogP contribution in [-0.2, 0) is 10.2 Å². The van der Waals surface area contributed by atoms with Crippen molar-refractivity contribution < 1.29 is 4.79 Å². The number of carbonyl (C=O) groups excluding carboxylic acids is 1. The number of nitrogens with zero attached hydrogens (tertiary/aromatic N) is 1. The van der Waals surface area contributed by atoms with Crippen molar-refractivity contribution in [2.45, 2.75) is 12.3 Å². The third-order valence-corrected chi connectivity index (χ3v) is 2.34. The van der Waals surface area contributed by atoms with Crippen molar-refractivity contribution in [2.24, 2.45) is 0 Å². The van der Waals surface area contributed by atoms with Gasteiger partial charge in [0.1, 0.15) is 6.29 Å². The van der Waals surface area contributed by atoms with Crippen molar-refractivity contribution in [3.63, 3.8) is 0 Å². The second-order valence-corrected chi connectivity index (χ2v) is 4.14. The average molecular weight is 191 g/mol. The van der Waals surface area contributed by atoms with Crippen LogP contribution in [0.25, 0.3) is 0 Å². The standard InChI is InChI=1S/C12H17NO/c1-12(10-14,9-13(2)3)11-7-5-4-6-8-11/h4-8,10H,9H2,1-3H3. The molecule has 1 rings (SSSR count). The molecule has 0 heterocycles. The number of rotatable bonds is 4. The van der Waals surface area contributed by atoms with E-state index >= 15 is 0 Å². The lowest BCUT2D eigenvalue weighted by Crippen LogP contribution is -2.36. The molecule has 76 valence electrons. The minimum atomic E-state index is -0.398. The molecule has 0 bridgehead atoms. The van der Waals surface area contributed by atoms with Gasteiger partial charge in [-0.25, -0.2) is 0 Å². The topological polar surface area (TPSA) is 20.3 Å². The Labute approximate surface area is 85.5 Å². The molecule has 0 N–H and O–H groups in total. The van der Waals surface area contributed by atoms with Crippen molar-refractivity contribution in [1.82, 2.24) is 4.90 Å². The summed E-state index contributed by atoms with van der Waals surface area (Å²) in [5.41, 5.74) is 0.675. The zero-order valence-electron chi connectivity index (χ0n) is 9.03. The summed E-state index contributed by atoms with van der Waals surface area (Å²) in [6, 6.07) is 9.89. The summed E-state index contributed by atoms with van der Waals surface area (Å²) < 4.78 is 0. The van der Waals surface area contributed by atoms with E-state index in [-0.39, 0.29) is 0 Å². The van der Waals surface area contributed by atoms with Crippen LogP contribution in [0, 0.1) is 0 Å². The quantitative estimate of drug-likeness (QED) is 0.675. The normalized spacial score (nSPS) is 15.1. The third kappa shape index (κ3) is 2.42. The molecule has 0 aliphatic heterocycles. The molecule has 1 unspecified atom stereocenters. The highest BCUT2D eigenvalue weighted by atomic mass is 16.1. The van der Waals surface area contributed by atoms with Crippen molar-refractivity contribution in [3.05, 3.63) is 35.9 Å². The molecule has 2 heteroatoms. The summed E-state index contributed by atoms with van der Waals surface area (Å²) in [5.74, 6) is 0. The predicted molar refractivity (Wildman–Crippen MR) is 58.4 cm³/mol. The smallest absolute Gasteiger partial charge is 0.131 e. The van der Waals surface area contributed by atoms with Crippen LogP contribution in [-0.4, -0.2) is 31.8 Å². The number of benzene rings is 1. The Morgan fingerprint density at radius 2 is 1.86 bits per heavy atom. The Morgan fingerprint density at radius 3 is 2.29 bits per heavy atom. The van der Waals surface area contributed by atoms with Crippen LogP contribution in [0.1, 0.15) is 12.5 Å². The first-order chi connectivity index (χ1) is 6.58. The van der Waals surface area contributed by atoms with E-state index in [0.717, 1.165) is 18.4 Å². The first-order valence-electron chi connectivity index (χ1n) is 4.75. The van der Waals surface area contributed by atoms with Gasteiger partial charge in [0.25, 0.3) is 0 Å². The molecule has 0 saturated carbocycles. The number of carbonyl (C=O) groups is 1. The molecular weight excluding hydrogens is 174 g/mol. The molecule has 0 spiro atoms. The summed E-state index contributed by atoms with van der Waals surface area (Å²) in [5, 5.41) is 0. The molecule has 0 aliphatic rings. The van der Waals surface area contributed by atoms with E-state index in [1.54, 1.807) is 0 Å². The second-order valence-electron chi connectivity index (χ2n) is 4.14. The first kappa shape index (κ1) is 10.9. The van der Waals surface area contributed by atoms with Crippen molar-refractivity contribution >= 4 is 6.29 Å². The van der Waals surface area contributed by atoms with Crippen LogP contribution in [0.3, 0.4) is 0 Å². The van der Waals surface area contributed by atoms with Gasteiger partial charge < -0.3 is 9.69 Å². The van der Waals surface area contributed by atoms with Gasteiger partial charge in [0.2, 0.25) is 0 Å². The van der Waals surface area contributed by atoms with E-state index < -0.39 is 5.41 Å². The zero-order chi connectivity index (χ0) is 10.6. The first-order valence-corrected chi connectivity index (χ1v) is 4.75. The van der Waals surface area contributed by atoms with Crippen LogP contribution >= 0.6 is 0 Å². The Hall–Kier alpha value is -1.15. The number of hydrogen-bond donors (Lipinski definition) is 0. The average Bonchev–Trinajstić information content (AvgIpc) is 2.18. The minimum absolute atomic E-state index is 0.398. The highest BCUT2D eigenvalue weighted by Gasteiger charge is 2.26. The van der Waals surface area contributed by atoms with Gasteiger partial charge in [0.15, 0.2) is 0 Å². The van der Waals surface area contributed by atoms with Gasteiger partial charge in [-0.1, -0.05) is 30.3 Å². The molecule has 1 atom stereocenters. The number of aldehydes is 1. The van der Waals surface area contributed by atoms with E-state index in [9.17, 15) is 4.79 Å². The molecule has 14 heavy (non-hydrogen) atoms. The summed E-state index contributed by atoms with van der Waals surface area (Å²) in [6.45, 7) is 2.70. The van der Waals surface area contributed by atoms with Crippen molar-refractivity contribution in [2.75, 3.05) is 20.6 Å². The molecule has 2 nitrogen and oxygen atoms in total. The van der Waals surface area contributed by atoms with E-state index in [2.05, 4.69) is 0 Å². The fraction of sp³-hybridized carbons (Fsp3) is 0.417. The maximum Gasteiger partial charge on any atom is 0.131 e. The van der Waals surface area contributed by atoms with E-state index in [1.165, 1.54) is 0 Å². The molecule has 0 radical (unpaired) electrons. The van der Waals surface area contributed by atoms with Gasteiger partial charge in [-0.2, -0.15) is 0 Å². The zero-order valence-corrected chi connectivity index (χ0v) is 9.03. The van der Waals surface area contributed by atoms with Crippen LogP contribution in [0.5, 0.6) is 0 Å². The van der Waals surface area contributed by atoms with Crippen molar-refractivity contribution in [3.8, 4) is 0 Å². The molecule has 0 aliphatic carbocycles. The van der Waals surface area contributed by atoms with Crippen LogP contribution in [0.4, 0.5) is 0 Å². The number of hydrogen-bond acceptors (Lipinski definition) is 2. The molecular formula is C12H17NO. The maximum atomic E-state index is 11.1. The fourth-order valence-corrected chi connectivity index (χ4v) is 1.67. The van der Waals surface area contributed by atoms with Gasteiger partial charge in [-0.15, -0.1) is 0 Å². The molecule has 0 amide bonds. The highest BCUT2D eigenvalue weighted by molar-refractivity contribution is 5.68. The van der Waals surface area contributed by atoms with Gasteiger partial charge >= 0.3 is 0 Å². The summed E-state index contributed by atoms with van der Waals surface area (Å²) in [7, 11) is 3.95. The van der Waals surface area contributed by atoms with Gasteiger partial charge in [-0.3, -0.25) is 0 Å². The lowest BCUT2D eigenvalue weighted by Gasteiger charge is -2.27. The molecule has 0 saturated heterocycles. The highest BCUT2D eigenvalue weighted by Crippen LogP contribution is 2.21. The van der Waals surface area contributed by atoms with Crippen molar-refractivity contribution in [1.29, 1.82) is 0 Å². The van der Waals surface area contributed by atoms with Crippen LogP contribution < -0.4 is 0 Å². The van der Waals surface area contributed by atoms with E-state index in [0.29, 0.717) is 0 Å². The summed E-state index contributed by atoms with van der Waals surface area (Å²) in [6.07, 6.45) is 1.03. The Bertz CT molecular complexity index is 294. The Kier molecular flexibility index (Phi) is 3.42. The largest absolute Gasteiger partial charge is 0.308 e. The molecule has 1 aromatic rings. The predicted octanol–water partition coefficient (Wildman–Crippen LogP) is 1.70. The van der Waals surface area contributed by atoms with Crippen LogP contribution in [0.2, 0.25) is 0 Å². The summed E-state index contributed by atoms with van der Waals surface area (Å²) >= 11 is 0. The van der Waals surface area contributed by atoms with E-state index in [4.69, 9.17) is 0 Å². The van der Waals surface area contributed by atoms with Gasteiger partial charge in [0.05, 0.1) is 5.41 Å².